The van der Waals surface area contributed by atoms with Crippen LogP contribution in [0.3, 0.4) is 0 Å². The van der Waals surface area contributed by atoms with Crippen molar-refractivity contribution in [3.63, 3.8) is 0 Å². The summed E-state index contributed by atoms with van der Waals surface area (Å²) in [5.74, 6) is -1.40. The molecule has 109 heavy (non-hydrogen) atoms. The third-order valence-electron chi connectivity index (χ3n) is 14.2. The maximum Gasteiger partial charge on any atom is 0.433 e. The molecule has 0 aliphatic carbocycles. The standard InChI is InChI=1S/C60H56N10O28S9.2H2O/c1-34-27-46(48(88-3)32-50(34)99-23-21-91-97-106(82,83)84)65-69-57-52(101-95-93-73)30-41-39(59(57)71)14-16-43(61)55(41)67-63-36-9-11-37(12-10-36)103(75,76)25-7-5-19-90-20-6-8-26-104(77,78)38-13-18-45(54(29-38)105(79,80)81)64-68-56-42-31-53(102-96-94-74)58(60(72)40(42)15-17-44(56)62)70-66-47-28-35(2)51(33-49(47)89-4)100-24-22-92-98-107(85,86)87;;/h9-18,27-33,71-74H,5-8,19-20,25-26,61-62H2,1-4H3,(H,79,80,81)(H,82,83,84)(H,85,86,87);2*1H2. The molecule has 8 rings (SSSR count). The molecule has 8 aromatic rings. The van der Waals surface area contributed by atoms with Gasteiger partial charge in [-0.15, -0.1) is 44.5 Å². The van der Waals surface area contributed by atoms with Crippen LogP contribution in [0.25, 0.3) is 21.5 Å². The van der Waals surface area contributed by atoms with E-state index < -0.39 is 83.3 Å². The number of phenols is 2. The Hall–Kier alpha value is -9.21. The first-order valence-electron chi connectivity index (χ1n) is 29.5. The van der Waals surface area contributed by atoms with Gasteiger partial charge in [0.05, 0.1) is 86.5 Å². The Morgan fingerprint density at radius 3 is 1.29 bits per heavy atom. The largest absolute Gasteiger partial charge is 0.505 e. The van der Waals surface area contributed by atoms with Crippen LogP contribution in [0.2, 0.25) is 0 Å². The number of nitrogens with two attached hydrogens (primary N) is 2. The molecule has 0 heterocycles. The van der Waals surface area contributed by atoms with Crippen molar-refractivity contribution in [2.75, 3.05) is 50.4 Å². The Morgan fingerprint density at radius 1 is 0.459 bits per heavy atom. The minimum absolute atomic E-state index is 0. The highest BCUT2D eigenvalue weighted by atomic mass is 32.3. The van der Waals surface area contributed by atoms with E-state index in [1.54, 1.807) is 19.9 Å². The predicted octanol–water partition coefficient (Wildman–Crippen LogP) is 12.7. The van der Waals surface area contributed by atoms with E-state index in [9.17, 15) is 56.9 Å². The summed E-state index contributed by atoms with van der Waals surface area (Å²) in [6.45, 7) is 3.56. The molecule has 0 saturated carbocycles. The highest BCUT2D eigenvalue weighted by Gasteiger charge is 2.26. The van der Waals surface area contributed by atoms with Gasteiger partial charge in [0.15, 0.2) is 43.4 Å². The number of sulfone groups is 2. The van der Waals surface area contributed by atoms with Crippen LogP contribution < -0.4 is 20.9 Å². The number of anilines is 2. The first-order chi connectivity index (χ1) is 50.8. The molecule has 0 radical (unpaired) electrons. The molecule has 0 bridgehead atoms. The summed E-state index contributed by atoms with van der Waals surface area (Å²) in [5, 5.41) is 87.8. The summed E-state index contributed by atoms with van der Waals surface area (Å²) < 4.78 is 183. The molecule has 0 aliphatic rings. The number of ether oxygens (including phenoxy) is 3. The van der Waals surface area contributed by atoms with Crippen LogP contribution in [0.4, 0.5) is 56.9 Å². The fourth-order valence-electron chi connectivity index (χ4n) is 9.25. The number of unbranched alkanes of at least 4 members (excludes halogenated alkanes) is 2. The van der Waals surface area contributed by atoms with Crippen molar-refractivity contribution in [2.24, 2.45) is 40.9 Å². The summed E-state index contributed by atoms with van der Waals surface area (Å²) >= 11 is 2.53. The Labute approximate surface area is 636 Å². The fourth-order valence-corrected chi connectivity index (χ4v) is 15.1. The zero-order valence-electron chi connectivity index (χ0n) is 56.1. The van der Waals surface area contributed by atoms with Crippen molar-refractivity contribution in [2.45, 2.75) is 73.8 Å². The Bertz CT molecular complexity index is 5530. The van der Waals surface area contributed by atoms with Crippen molar-refractivity contribution in [3.8, 4) is 45.7 Å². The van der Waals surface area contributed by atoms with E-state index in [-0.39, 0.29) is 148 Å². The van der Waals surface area contributed by atoms with E-state index in [0.717, 1.165) is 35.7 Å². The molecule has 0 atom stereocenters. The molecule has 15 N–H and O–H groups in total. The summed E-state index contributed by atoms with van der Waals surface area (Å²) in [4.78, 5) is 7.76. The minimum atomic E-state index is -5.18. The number of aryl methyl sites for hydroxylation is 2. The zero-order valence-corrected chi connectivity index (χ0v) is 63.4. The number of azo groups is 4. The average molecular weight is 1690 g/mol. The van der Waals surface area contributed by atoms with E-state index in [2.05, 4.69) is 84.3 Å². The third kappa shape index (κ3) is 24.6. The fraction of sp³-hybridized carbons (Fsp3) is 0.200. The monoisotopic (exact) mass is 1690 g/mol. The number of benzene rings is 8. The number of aromatic hydroxyl groups is 2. The minimum Gasteiger partial charge on any atom is -0.505 e. The van der Waals surface area contributed by atoms with Crippen LogP contribution in [0.5, 0.6) is 23.0 Å². The first kappa shape index (κ1) is 88.7. The van der Waals surface area contributed by atoms with Crippen LogP contribution in [-0.2, 0) is 92.5 Å². The maximum absolute atomic E-state index is 13.5. The van der Waals surface area contributed by atoms with Crippen LogP contribution in [0.1, 0.15) is 36.8 Å². The predicted molar refractivity (Wildman–Crippen MR) is 392 cm³/mol. The zero-order chi connectivity index (χ0) is 77.9. The number of hydrogen-bond acceptors (Lipinski definition) is 39. The number of phenolic OH excluding ortho intramolecular Hbond substituents is 2. The third-order valence-corrected chi connectivity index (χ3v) is 22.1. The highest BCUT2D eigenvalue weighted by molar-refractivity contribution is 8.04. The molecule has 0 aliphatic heterocycles. The number of hydrogen-bond donors (Lipinski definition) is 9. The summed E-state index contributed by atoms with van der Waals surface area (Å²) in [6.07, 6.45) is 4.64. The molecule has 0 spiro atoms. The van der Waals surface area contributed by atoms with Gasteiger partial charge in [0.2, 0.25) is 0 Å². The number of nitrogen functional groups attached to an aromatic ring is 2. The highest BCUT2D eigenvalue weighted by Crippen LogP contribution is 2.51. The topological polar surface area (TPSA) is 628 Å². The lowest BCUT2D eigenvalue weighted by atomic mass is 10.1. The molecule has 0 amide bonds. The Kier molecular flexibility index (Phi) is 32.5. The second-order valence-electron chi connectivity index (χ2n) is 21.2. The van der Waals surface area contributed by atoms with Crippen molar-refractivity contribution in [1.29, 1.82) is 0 Å². The second kappa shape index (κ2) is 39.9. The van der Waals surface area contributed by atoms with Crippen molar-refractivity contribution < 1.29 is 139 Å². The van der Waals surface area contributed by atoms with Crippen LogP contribution >= 0.6 is 47.6 Å². The Morgan fingerprint density at radius 2 is 0.872 bits per heavy atom. The van der Waals surface area contributed by atoms with Gasteiger partial charge in [-0.05, 0) is 186 Å². The summed E-state index contributed by atoms with van der Waals surface area (Å²) in [7, 11) is -20.3. The molecule has 49 heteroatoms. The average Bonchev–Trinajstić information content (AvgIpc) is 0.772. The van der Waals surface area contributed by atoms with Gasteiger partial charge >= 0.3 is 20.8 Å². The van der Waals surface area contributed by atoms with Crippen LogP contribution in [-0.4, -0.2) is 126 Å². The van der Waals surface area contributed by atoms with E-state index >= 15 is 0 Å². The van der Waals surface area contributed by atoms with Gasteiger partial charge in [-0.25, -0.2) is 27.4 Å². The first-order valence-corrected chi connectivity index (χ1v) is 40.1. The molecule has 8 aromatic carbocycles. The van der Waals surface area contributed by atoms with Gasteiger partial charge in [-0.3, -0.25) is 23.4 Å². The SMILES string of the molecule is COc1cc(SC#COOS(=O)(=O)O)c(C)cc1N=Nc1c(SOOO)cc2c(N=Nc3ccc(S(=O)(=O)CCCCOCCCCS(=O)(=O)c4ccc(N=Nc5c(N)ccc6c(O)c(N=Nc7cc(C)c(SC#COOS(=O)(=O)O)cc7OC)c(SOOO)cc56)c(S(=O)(=O)O)c4)cc3)c(N)ccc2c1O.O.O. The molecule has 40 nitrogen and oxygen atoms in total. The quantitative estimate of drug-likeness (QED) is 0.00205. The van der Waals surface area contributed by atoms with Gasteiger partial charge in [-0.1, -0.05) is 10.1 Å². The van der Waals surface area contributed by atoms with E-state index in [0.29, 0.717) is 57.5 Å². The maximum atomic E-state index is 13.5. The lowest BCUT2D eigenvalue weighted by Gasteiger charge is -2.12. The lowest BCUT2D eigenvalue weighted by Crippen LogP contribution is -2.10. The second-order valence-corrected chi connectivity index (χ2v) is 32.0. The van der Waals surface area contributed by atoms with E-state index in [4.69, 9.17) is 49.6 Å². The Balaban J connectivity index is 0.00000928. The van der Waals surface area contributed by atoms with E-state index in [1.807, 2.05) is 12.2 Å². The molecular formula is C60H60N10O30S9. The molecule has 0 fully saturated rings. The number of thioether (sulfide) groups is 2. The molecule has 0 unspecified atom stereocenters. The number of rotatable bonds is 35. The van der Waals surface area contributed by atoms with Crippen LogP contribution in [0, 0.1) is 36.6 Å². The smallest absolute Gasteiger partial charge is 0.433 e. The molecule has 0 saturated heterocycles. The number of methoxy groups -OCH3 is 2. The molecule has 584 valence electrons. The van der Waals surface area contributed by atoms with Crippen LogP contribution in [0.15, 0.2) is 178 Å². The summed E-state index contributed by atoms with van der Waals surface area (Å²) in [5.41, 5.74) is 13.3. The van der Waals surface area contributed by atoms with Gasteiger partial charge < -0.3 is 46.8 Å². The van der Waals surface area contributed by atoms with Gasteiger partial charge in [0.25, 0.3) is 10.1 Å². The van der Waals surface area contributed by atoms with Gasteiger partial charge in [0, 0.05) is 55.1 Å². The van der Waals surface area contributed by atoms with Crippen molar-refractivity contribution in [3.05, 3.63) is 114 Å². The summed E-state index contributed by atoms with van der Waals surface area (Å²) in [6, 6.07) is 22.8. The lowest BCUT2D eigenvalue weighted by molar-refractivity contribution is -0.432. The van der Waals surface area contributed by atoms with Gasteiger partial charge in [0.1, 0.15) is 56.2 Å². The van der Waals surface area contributed by atoms with E-state index in [1.165, 1.54) is 93.1 Å². The molecular weight excluding hydrogens is 1630 g/mol. The van der Waals surface area contributed by atoms with Crippen molar-refractivity contribution in [1.82, 2.24) is 0 Å². The molecule has 0 aromatic heterocycles. The van der Waals surface area contributed by atoms with Crippen molar-refractivity contribution >= 4 is 177 Å². The number of nitrogens with zero attached hydrogens (tertiary/aromatic N) is 8. The van der Waals surface area contributed by atoms with Gasteiger partial charge in [-0.2, -0.15) is 30.4 Å². The normalized spacial score (nSPS) is 12.1. The number of fused-ring (bicyclic) bond motifs is 2.